The predicted molar refractivity (Wildman–Crippen MR) is 173 cm³/mol. The summed E-state index contributed by atoms with van der Waals surface area (Å²) in [5.74, 6) is 0.492. The van der Waals surface area contributed by atoms with Gasteiger partial charge in [0, 0.05) is 21.9 Å². The fourth-order valence-corrected chi connectivity index (χ4v) is 6.84. The summed E-state index contributed by atoms with van der Waals surface area (Å²) in [6.45, 7) is 8.40. The number of anilines is 1. The van der Waals surface area contributed by atoms with E-state index in [1.165, 1.54) is 4.90 Å². The molecule has 0 fully saturated rings. The summed E-state index contributed by atoms with van der Waals surface area (Å²) in [6, 6.07) is 32.1. The largest absolute Gasteiger partial charge is 0.278 e. The number of carbonyl (C=O) groups excluding carboxylic acids is 2. The molecule has 210 valence electrons. The van der Waals surface area contributed by atoms with Crippen molar-refractivity contribution in [3.63, 3.8) is 0 Å². The van der Waals surface area contributed by atoms with Crippen molar-refractivity contribution in [1.29, 1.82) is 0 Å². The molecular formula is C37H30N4O2. The zero-order valence-corrected chi connectivity index (χ0v) is 24.5. The molecule has 1 aliphatic heterocycles. The Balaban J connectivity index is 1.41. The Morgan fingerprint density at radius 1 is 0.605 bits per heavy atom. The van der Waals surface area contributed by atoms with Crippen molar-refractivity contribution in [3.8, 4) is 5.69 Å². The van der Waals surface area contributed by atoms with Crippen LogP contribution in [0.1, 0.15) is 71.4 Å². The molecule has 0 saturated heterocycles. The van der Waals surface area contributed by atoms with Gasteiger partial charge in [-0.05, 0) is 65.4 Å². The predicted octanol–water partition coefficient (Wildman–Crippen LogP) is 8.63. The maximum atomic E-state index is 14.4. The topological polar surface area (TPSA) is 59.6 Å². The Morgan fingerprint density at radius 2 is 1.21 bits per heavy atom. The molecule has 0 radical (unpaired) electrons. The highest BCUT2D eigenvalue weighted by atomic mass is 16.2. The van der Waals surface area contributed by atoms with Crippen LogP contribution in [0.25, 0.3) is 44.3 Å². The maximum Gasteiger partial charge on any atom is 0.266 e. The number of hydrogen-bond donors (Lipinski definition) is 0. The van der Waals surface area contributed by atoms with Crippen LogP contribution in [-0.4, -0.2) is 25.8 Å². The Labute approximate surface area is 248 Å². The van der Waals surface area contributed by atoms with Crippen LogP contribution in [0, 0.1) is 0 Å². The van der Waals surface area contributed by atoms with E-state index >= 15 is 0 Å². The summed E-state index contributed by atoms with van der Waals surface area (Å²) in [5, 5.41) is 1.53. The summed E-state index contributed by atoms with van der Waals surface area (Å²) in [5.41, 5.74) is 8.62. The van der Waals surface area contributed by atoms with E-state index in [-0.39, 0.29) is 23.7 Å². The van der Waals surface area contributed by atoms with Crippen LogP contribution >= 0.6 is 0 Å². The maximum absolute atomic E-state index is 14.4. The number of imidazole rings is 2. The quantitative estimate of drug-likeness (QED) is 0.202. The number of aromatic nitrogens is 3. The van der Waals surface area contributed by atoms with Gasteiger partial charge in [-0.25, -0.2) is 9.88 Å². The van der Waals surface area contributed by atoms with Gasteiger partial charge in [0.2, 0.25) is 5.78 Å². The number of imide groups is 1. The van der Waals surface area contributed by atoms with Gasteiger partial charge < -0.3 is 0 Å². The van der Waals surface area contributed by atoms with Crippen molar-refractivity contribution in [1.82, 2.24) is 14.0 Å². The van der Waals surface area contributed by atoms with Crippen molar-refractivity contribution in [2.24, 2.45) is 0 Å². The van der Waals surface area contributed by atoms with Gasteiger partial charge in [-0.2, -0.15) is 0 Å². The first-order valence-electron chi connectivity index (χ1n) is 14.8. The van der Waals surface area contributed by atoms with Crippen LogP contribution in [0.4, 0.5) is 5.69 Å². The molecule has 0 spiro atoms. The second-order valence-corrected chi connectivity index (χ2v) is 12.0. The molecule has 8 rings (SSSR count). The molecule has 2 amide bonds. The molecule has 0 saturated carbocycles. The van der Waals surface area contributed by atoms with Crippen molar-refractivity contribution < 1.29 is 9.59 Å². The van der Waals surface area contributed by atoms with Crippen LogP contribution in [-0.2, 0) is 0 Å². The first-order chi connectivity index (χ1) is 20.9. The standard InChI is InChI=1S/C37H30N4O2/c1-21(2)23-11-9-12-24(22(3)4)34(23)41-35(42)26-14-10-13-25-29(20-19-27(33(25)26)36(41)43)39-31-17-7-8-18-32(31)40-30-16-6-5-15-28(30)38-37(39)40/h5-22H,1-4H3. The average Bonchev–Trinajstić information content (AvgIpc) is 3.54. The summed E-state index contributed by atoms with van der Waals surface area (Å²) in [6.07, 6.45) is 0. The van der Waals surface area contributed by atoms with E-state index in [0.29, 0.717) is 16.5 Å². The van der Waals surface area contributed by atoms with Crippen LogP contribution in [0.3, 0.4) is 0 Å². The number of fused-ring (bicyclic) bond motifs is 5. The van der Waals surface area contributed by atoms with Gasteiger partial charge in [-0.15, -0.1) is 0 Å². The van der Waals surface area contributed by atoms with E-state index in [2.05, 4.69) is 54.9 Å². The molecule has 0 unspecified atom stereocenters. The lowest BCUT2D eigenvalue weighted by Crippen LogP contribution is -2.41. The lowest BCUT2D eigenvalue weighted by atomic mass is 9.88. The molecule has 1 aliphatic rings. The number of carbonyl (C=O) groups is 2. The lowest BCUT2D eigenvalue weighted by Gasteiger charge is -2.32. The third-order valence-corrected chi connectivity index (χ3v) is 8.80. The molecule has 0 N–H and O–H groups in total. The monoisotopic (exact) mass is 562 g/mol. The number of amides is 2. The van der Waals surface area contributed by atoms with Gasteiger partial charge in [0.25, 0.3) is 11.8 Å². The molecule has 3 heterocycles. The molecule has 6 nitrogen and oxygen atoms in total. The van der Waals surface area contributed by atoms with E-state index in [9.17, 15) is 9.59 Å². The molecule has 2 aromatic heterocycles. The molecule has 0 atom stereocenters. The third kappa shape index (κ3) is 3.43. The Kier molecular flexibility index (Phi) is 5.41. The lowest BCUT2D eigenvalue weighted by molar-refractivity contribution is 0.0893. The normalized spacial score (nSPS) is 13.6. The van der Waals surface area contributed by atoms with E-state index in [1.54, 1.807) is 0 Å². The molecule has 0 bridgehead atoms. The fraction of sp³-hybridized carbons (Fsp3) is 0.162. The van der Waals surface area contributed by atoms with Crippen molar-refractivity contribution in [3.05, 3.63) is 119 Å². The van der Waals surface area contributed by atoms with E-state index in [0.717, 1.165) is 55.7 Å². The Morgan fingerprint density at radius 3 is 1.91 bits per heavy atom. The molecule has 7 aromatic rings. The fourth-order valence-electron chi connectivity index (χ4n) is 6.84. The minimum Gasteiger partial charge on any atom is -0.278 e. The van der Waals surface area contributed by atoms with E-state index in [4.69, 9.17) is 4.98 Å². The van der Waals surface area contributed by atoms with Crippen molar-refractivity contribution in [2.45, 2.75) is 39.5 Å². The third-order valence-electron chi connectivity index (χ3n) is 8.80. The highest BCUT2D eigenvalue weighted by Crippen LogP contribution is 2.42. The SMILES string of the molecule is CC(C)c1cccc(C(C)C)c1N1C(=O)c2cccc3c(-n4c5ccccc5n5c6ccccc6nc45)ccc(c23)C1=O. The van der Waals surface area contributed by atoms with Crippen LogP contribution in [0.5, 0.6) is 0 Å². The molecule has 0 aliphatic carbocycles. The molecule has 43 heavy (non-hydrogen) atoms. The van der Waals surface area contributed by atoms with Crippen molar-refractivity contribution in [2.75, 3.05) is 4.90 Å². The summed E-state index contributed by atoms with van der Waals surface area (Å²) in [7, 11) is 0. The van der Waals surface area contributed by atoms with Gasteiger partial charge in [0.05, 0.1) is 33.4 Å². The zero-order chi connectivity index (χ0) is 29.6. The van der Waals surface area contributed by atoms with Gasteiger partial charge in [0.1, 0.15) is 0 Å². The second kappa shape index (κ2) is 9.13. The van der Waals surface area contributed by atoms with Crippen LogP contribution in [0.2, 0.25) is 0 Å². The highest BCUT2D eigenvalue weighted by Gasteiger charge is 2.37. The summed E-state index contributed by atoms with van der Waals surface area (Å²) in [4.78, 5) is 35.2. The van der Waals surface area contributed by atoms with Gasteiger partial charge in [-0.1, -0.05) is 82.3 Å². The average molecular weight is 563 g/mol. The molecular weight excluding hydrogens is 532 g/mol. The first kappa shape index (κ1) is 25.5. The van der Waals surface area contributed by atoms with Gasteiger partial charge in [0.15, 0.2) is 0 Å². The summed E-state index contributed by atoms with van der Waals surface area (Å²) >= 11 is 0. The molecule has 6 heteroatoms. The number of para-hydroxylation sites is 5. The minimum absolute atomic E-state index is 0.142. The van der Waals surface area contributed by atoms with E-state index < -0.39 is 0 Å². The minimum atomic E-state index is -0.288. The Hall–Kier alpha value is -5.23. The summed E-state index contributed by atoms with van der Waals surface area (Å²) < 4.78 is 4.32. The first-order valence-corrected chi connectivity index (χ1v) is 14.8. The number of nitrogens with zero attached hydrogens (tertiary/aromatic N) is 4. The van der Waals surface area contributed by atoms with E-state index in [1.807, 2.05) is 78.9 Å². The molecule has 5 aromatic carbocycles. The van der Waals surface area contributed by atoms with Crippen LogP contribution < -0.4 is 4.90 Å². The zero-order valence-electron chi connectivity index (χ0n) is 24.5. The van der Waals surface area contributed by atoms with Gasteiger partial charge >= 0.3 is 0 Å². The van der Waals surface area contributed by atoms with Crippen molar-refractivity contribution >= 4 is 56.1 Å². The smallest absolute Gasteiger partial charge is 0.266 e. The highest BCUT2D eigenvalue weighted by molar-refractivity contribution is 6.36. The number of rotatable bonds is 4. The number of benzene rings is 5. The van der Waals surface area contributed by atoms with Gasteiger partial charge in [-0.3, -0.25) is 18.6 Å². The Bertz CT molecular complexity index is 2260. The second-order valence-electron chi connectivity index (χ2n) is 12.0. The van der Waals surface area contributed by atoms with Crippen LogP contribution in [0.15, 0.2) is 97.1 Å². The number of hydrogen-bond acceptors (Lipinski definition) is 3.